The summed E-state index contributed by atoms with van der Waals surface area (Å²) in [4.78, 5) is 4.21. The van der Waals surface area contributed by atoms with Gasteiger partial charge >= 0.3 is 0 Å². The molecular weight excluding hydrogens is 259 g/mol. The van der Waals surface area contributed by atoms with Crippen LogP contribution >= 0.6 is 0 Å². The van der Waals surface area contributed by atoms with E-state index in [2.05, 4.69) is 10.1 Å². The van der Waals surface area contributed by atoms with Gasteiger partial charge in [0.05, 0.1) is 0 Å². The van der Waals surface area contributed by atoms with Gasteiger partial charge in [0.15, 0.2) is 0 Å². The van der Waals surface area contributed by atoms with Crippen LogP contribution in [0.15, 0.2) is 47.0 Å². The second kappa shape index (κ2) is 4.77. The first kappa shape index (κ1) is 12.3. The molecule has 0 radical (unpaired) electrons. The lowest BCUT2D eigenvalue weighted by molar-refractivity contribution is 0.431. The first-order chi connectivity index (χ1) is 9.63. The lowest BCUT2D eigenvalue weighted by Crippen LogP contribution is -1.86. The Morgan fingerprint density at radius 2 is 1.95 bits per heavy atom. The van der Waals surface area contributed by atoms with Gasteiger partial charge in [0, 0.05) is 11.1 Å². The van der Waals surface area contributed by atoms with Gasteiger partial charge < -0.3 is 9.63 Å². The SMILES string of the molecule is Cc1ccc(-c2noc(-c3cccc(O)c3)n2)cc1F. The number of benzene rings is 2. The fourth-order valence-electron chi connectivity index (χ4n) is 1.83. The molecule has 0 bridgehead atoms. The summed E-state index contributed by atoms with van der Waals surface area (Å²) >= 11 is 0. The maximum absolute atomic E-state index is 13.5. The number of hydrogen-bond donors (Lipinski definition) is 1. The van der Waals surface area contributed by atoms with E-state index in [1.807, 2.05) is 0 Å². The van der Waals surface area contributed by atoms with Gasteiger partial charge in [0.2, 0.25) is 5.82 Å². The number of rotatable bonds is 2. The lowest BCUT2D eigenvalue weighted by Gasteiger charge is -1.97. The lowest BCUT2D eigenvalue weighted by atomic mass is 10.1. The second-order valence-corrected chi connectivity index (χ2v) is 4.44. The Morgan fingerprint density at radius 1 is 1.10 bits per heavy atom. The maximum atomic E-state index is 13.5. The zero-order chi connectivity index (χ0) is 14.1. The van der Waals surface area contributed by atoms with Gasteiger partial charge in [-0.2, -0.15) is 4.98 Å². The van der Waals surface area contributed by atoms with Crippen molar-refractivity contribution in [3.63, 3.8) is 0 Å². The second-order valence-electron chi connectivity index (χ2n) is 4.44. The van der Waals surface area contributed by atoms with Gasteiger partial charge in [-0.05, 0) is 36.8 Å². The van der Waals surface area contributed by atoms with Gasteiger partial charge in [0.1, 0.15) is 11.6 Å². The van der Waals surface area contributed by atoms with Crippen LogP contribution in [0.2, 0.25) is 0 Å². The Labute approximate surface area is 114 Å². The Hall–Kier alpha value is -2.69. The van der Waals surface area contributed by atoms with Crippen LogP contribution in [0.5, 0.6) is 5.75 Å². The Morgan fingerprint density at radius 3 is 2.70 bits per heavy atom. The van der Waals surface area contributed by atoms with Crippen molar-refractivity contribution in [3.05, 3.63) is 53.8 Å². The molecule has 100 valence electrons. The summed E-state index contributed by atoms with van der Waals surface area (Å²) in [6.45, 7) is 1.69. The van der Waals surface area contributed by atoms with Gasteiger partial charge in [-0.3, -0.25) is 0 Å². The fraction of sp³-hybridized carbons (Fsp3) is 0.0667. The molecule has 0 spiro atoms. The standard InChI is InChI=1S/C15H11FN2O2/c1-9-5-6-10(8-13(9)16)14-17-15(20-18-14)11-3-2-4-12(19)7-11/h2-8,19H,1H3. The zero-order valence-electron chi connectivity index (χ0n) is 10.7. The number of nitrogens with zero attached hydrogens (tertiary/aromatic N) is 2. The average molecular weight is 270 g/mol. The van der Waals surface area contributed by atoms with Crippen molar-refractivity contribution < 1.29 is 14.0 Å². The monoisotopic (exact) mass is 270 g/mol. The largest absolute Gasteiger partial charge is 0.508 e. The number of aryl methyl sites for hydroxylation is 1. The minimum atomic E-state index is -0.314. The summed E-state index contributed by atoms with van der Waals surface area (Å²) < 4.78 is 18.7. The molecule has 0 saturated heterocycles. The van der Waals surface area contributed by atoms with Crippen molar-refractivity contribution >= 4 is 0 Å². The van der Waals surface area contributed by atoms with Crippen LogP contribution < -0.4 is 0 Å². The molecule has 0 unspecified atom stereocenters. The molecule has 0 atom stereocenters. The first-order valence-corrected chi connectivity index (χ1v) is 6.03. The number of hydrogen-bond acceptors (Lipinski definition) is 4. The predicted molar refractivity (Wildman–Crippen MR) is 71.5 cm³/mol. The van der Waals surface area contributed by atoms with E-state index in [-0.39, 0.29) is 17.5 Å². The molecule has 0 aliphatic heterocycles. The smallest absolute Gasteiger partial charge is 0.258 e. The quantitative estimate of drug-likeness (QED) is 0.773. The molecule has 2 aromatic carbocycles. The molecule has 0 aliphatic rings. The van der Waals surface area contributed by atoms with E-state index >= 15 is 0 Å². The van der Waals surface area contributed by atoms with Crippen LogP contribution in [0.25, 0.3) is 22.8 Å². The van der Waals surface area contributed by atoms with Gasteiger partial charge in [-0.15, -0.1) is 0 Å². The van der Waals surface area contributed by atoms with E-state index in [9.17, 15) is 9.50 Å². The van der Waals surface area contributed by atoms with Crippen LogP contribution in [0.1, 0.15) is 5.56 Å². The van der Waals surface area contributed by atoms with Crippen molar-refractivity contribution in [2.24, 2.45) is 0 Å². The summed E-state index contributed by atoms with van der Waals surface area (Å²) in [5.74, 6) is 0.383. The third kappa shape index (κ3) is 2.25. The van der Waals surface area contributed by atoms with Crippen molar-refractivity contribution in [1.29, 1.82) is 0 Å². The van der Waals surface area contributed by atoms with E-state index in [4.69, 9.17) is 4.52 Å². The Balaban J connectivity index is 1.99. The zero-order valence-corrected chi connectivity index (χ0v) is 10.7. The van der Waals surface area contributed by atoms with Gasteiger partial charge in [0.25, 0.3) is 5.89 Å². The molecule has 0 amide bonds. The van der Waals surface area contributed by atoms with Gasteiger partial charge in [-0.25, -0.2) is 4.39 Å². The molecule has 5 heteroatoms. The van der Waals surface area contributed by atoms with Crippen LogP contribution in [0.4, 0.5) is 4.39 Å². The van der Waals surface area contributed by atoms with E-state index in [1.165, 1.54) is 12.1 Å². The van der Waals surface area contributed by atoms with E-state index < -0.39 is 0 Å². The van der Waals surface area contributed by atoms with Crippen LogP contribution in [0, 0.1) is 12.7 Å². The molecule has 4 nitrogen and oxygen atoms in total. The van der Waals surface area contributed by atoms with Crippen molar-refractivity contribution in [3.8, 4) is 28.6 Å². The summed E-state index contributed by atoms with van der Waals surface area (Å²) in [6, 6.07) is 11.3. The summed E-state index contributed by atoms with van der Waals surface area (Å²) in [5.41, 5.74) is 1.71. The number of halogens is 1. The average Bonchev–Trinajstić information content (AvgIpc) is 2.92. The van der Waals surface area contributed by atoms with Crippen molar-refractivity contribution in [2.75, 3.05) is 0 Å². The predicted octanol–water partition coefficient (Wildman–Crippen LogP) is 3.56. The normalized spacial score (nSPS) is 10.7. The topological polar surface area (TPSA) is 59.2 Å². The van der Waals surface area contributed by atoms with E-state index in [1.54, 1.807) is 37.3 Å². The highest BCUT2D eigenvalue weighted by atomic mass is 19.1. The number of aromatic hydroxyl groups is 1. The summed E-state index contributed by atoms with van der Waals surface area (Å²) in [5, 5.41) is 13.3. The molecule has 3 aromatic rings. The van der Waals surface area contributed by atoms with Crippen molar-refractivity contribution in [1.82, 2.24) is 10.1 Å². The minimum absolute atomic E-state index is 0.114. The molecule has 0 aliphatic carbocycles. The van der Waals surface area contributed by atoms with E-state index in [0.29, 0.717) is 22.5 Å². The molecule has 0 saturated carbocycles. The van der Waals surface area contributed by atoms with Crippen molar-refractivity contribution in [2.45, 2.75) is 6.92 Å². The Bertz CT molecular complexity index is 768. The molecule has 3 rings (SSSR count). The van der Waals surface area contributed by atoms with Crippen LogP contribution in [0.3, 0.4) is 0 Å². The highest BCUT2D eigenvalue weighted by Gasteiger charge is 2.12. The molecule has 0 fully saturated rings. The third-order valence-corrected chi connectivity index (χ3v) is 2.95. The molecule has 1 aromatic heterocycles. The molecule has 1 N–H and O–H groups in total. The number of phenolic OH excluding ortho intramolecular Hbond substituents is 1. The number of aromatic nitrogens is 2. The fourth-order valence-corrected chi connectivity index (χ4v) is 1.83. The highest BCUT2D eigenvalue weighted by molar-refractivity contribution is 5.61. The molecule has 20 heavy (non-hydrogen) atoms. The first-order valence-electron chi connectivity index (χ1n) is 6.03. The molecule has 1 heterocycles. The minimum Gasteiger partial charge on any atom is -0.508 e. The number of phenols is 1. The van der Waals surface area contributed by atoms with Gasteiger partial charge in [-0.1, -0.05) is 23.4 Å². The Kier molecular flexibility index (Phi) is 2.95. The third-order valence-electron chi connectivity index (χ3n) is 2.95. The van der Waals surface area contributed by atoms with Crippen LogP contribution in [-0.2, 0) is 0 Å². The van der Waals surface area contributed by atoms with Crippen LogP contribution in [-0.4, -0.2) is 15.2 Å². The maximum Gasteiger partial charge on any atom is 0.258 e. The molecular formula is C15H11FN2O2. The highest BCUT2D eigenvalue weighted by Crippen LogP contribution is 2.25. The summed E-state index contributed by atoms with van der Waals surface area (Å²) in [6.07, 6.45) is 0. The summed E-state index contributed by atoms with van der Waals surface area (Å²) in [7, 11) is 0. The van der Waals surface area contributed by atoms with E-state index in [0.717, 1.165) is 0 Å².